The van der Waals surface area contributed by atoms with Crippen molar-refractivity contribution in [3.05, 3.63) is 28.8 Å². The fourth-order valence-electron chi connectivity index (χ4n) is 2.64. The molecule has 108 valence electrons. The van der Waals surface area contributed by atoms with Gasteiger partial charge in [0.1, 0.15) is 5.75 Å². The van der Waals surface area contributed by atoms with Crippen LogP contribution in [0.1, 0.15) is 36.6 Å². The Labute approximate surface area is 117 Å². The molecule has 3 heteroatoms. The first-order chi connectivity index (χ1) is 8.93. The average molecular weight is 265 g/mol. The summed E-state index contributed by atoms with van der Waals surface area (Å²) in [5.41, 5.74) is 3.72. The van der Waals surface area contributed by atoms with E-state index in [-0.39, 0.29) is 18.6 Å². The second-order valence-electron chi connectivity index (χ2n) is 5.40. The van der Waals surface area contributed by atoms with Crippen LogP contribution in [0.25, 0.3) is 0 Å². The zero-order chi connectivity index (χ0) is 14.6. The van der Waals surface area contributed by atoms with Gasteiger partial charge in [0.15, 0.2) is 0 Å². The molecular weight excluding hydrogens is 238 g/mol. The molecule has 2 atom stereocenters. The summed E-state index contributed by atoms with van der Waals surface area (Å²) in [6, 6.07) is 4.39. The van der Waals surface area contributed by atoms with E-state index in [1.807, 2.05) is 13.0 Å². The number of ether oxygens (including phenoxy) is 1. The quantitative estimate of drug-likeness (QED) is 0.858. The van der Waals surface area contributed by atoms with Crippen molar-refractivity contribution in [3.63, 3.8) is 0 Å². The first-order valence-corrected chi connectivity index (χ1v) is 6.94. The minimum atomic E-state index is 0.189. The summed E-state index contributed by atoms with van der Waals surface area (Å²) < 4.78 is 5.64. The van der Waals surface area contributed by atoms with Crippen molar-refractivity contribution in [2.75, 3.05) is 27.3 Å². The first kappa shape index (κ1) is 16.0. The van der Waals surface area contributed by atoms with Crippen LogP contribution in [0.2, 0.25) is 0 Å². The molecule has 0 bridgehead atoms. The van der Waals surface area contributed by atoms with Crippen molar-refractivity contribution in [3.8, 4) is 5.75 Å². The summed E-state index contributed by atoms with van der Waals surface area (Å²) in [6.07, 6.45) is 0. The molecule has 0 heterocycles. The lowest BCUT2D eigenvalue weighted by atomic mass is 9.89. The molecule has 0 radical (unpaired) electrons. The lowest BCUT2D eigenvalue weighted by Gasteiger charge is -2.31. The number of aliphatic hydroxyl groups excluding tert-OH is 1. The molecule has 19 heavy (non-hydrogen) atoms. The van der Waals surface area contributed by atoms with Gasteiger partial charge in [-0.3, -0.25) is 0 Å². The van der Waals surface area contributed by atoms with Crippen molar-refractivity contribution in [1.29, 1.82) is 0 Å². The molecule has 0 fully saturated rings. The molecule has 0 spiro atoms. The topological polar surface area (TPSA) is 32.7 Å². The third-order valence-electron chi connectivity index (χ3n) is 3.78. The van der Waals surface area contributed by atoms with E-state index >= 15 is 0 Å². The normalized spacial score (nSPS) is 14.5. The summed E-state index contributed by atoms with van der Waals surface area (Å²) in [6.45, 7) is 9.18. The Morgan fingerprint density at radius 2 is 1.84 bits per heavy atom. The van der Waals surface area contributed by atoms with Crippen molar-refractivity contribution in [1.82, 2.24) is 4.90 Å². The molecule has 0 saturated carbocycles. The van der Waals surface area contributed by atoms with Crippen LogP contribution in [-0.4, -0.2) is 37.3 Å². The third kappa shape index (κ3) is 3.48. The summed E-state index contributed by atoms with van der Waals surface area (Å²) in [5, 5.41) is 9.46. The first-order valence-electron chi connectivity index (χ1n) is 6.94. The number of benzene rings is 1. The van der Waals surface area contributed by atoms with Gasteiger partial charge < -0.3 is 14.7 Å². The Bertz CT molecular complexity index is 415. The summed E-state index contributed by atoms with van der Waals surface area (Å²) in [5.74, 6) is 1.16. The largest absolute Gasteiger partial charge is 0.494 e. The van der Waals surface area contributed by atoms with E-state index in [1.165, 1.54) is 16.7 Å². The van der Waals surface area contributed by atoms with Gasteiger partial charge >= 0.3 is 0 Å². The highest BCUT2D eigenvalue weighted by Gasteiger charge is 2.23. The van der Waals surface area contributed by atoms with Gasteiger partial charge in [-0.2, -0.15) is 0 Å². The lowest BCUT2D eigenvalue weighted by Crippen LogP contribution is -2.28. The SMILES string of the molecule is CCOc1ccc(C(C(C)CO)N(C)C)c(C)c1C. The standard InChI is InChI=1S/C16H27NO2/c1-7-19-15-9-8-14(12(3)13(15)4)16(17(5)6)11(2)10-18/h8-9,11,16,18H,7,10H2,1-6H3. The highest BCUT2D eigenvalue weighted by Crippen LogP contribution is 2.33. The molecule has 0 amide bonds. The average Bonchev–Trinajstić information content (AvgIpc) is 2.37. The van der Waals surface area contributed by atoms with Crippen LogP contribution >= 0.6 is 0 Å². The van der Waals surface area contributed by atoms with Crippen molar-refractivity contribution >= 4 is 0 Å². The van der Waals surface area contributed by atoms with E-state index in [1.54, 1.807) is 0 Å². The summed E-state index contributed by atoms with van der Waals surface area (Å²) in [4.78, 5) is 2.17. The van der Waals surface area contributed by atoms with E-state index in [2.05, 4.69) is 45.8 Å². The molecule has 0 aliphatic heterocycles. The second-order valence-corrected chi connectivity index (χ2v) is 5.40. The molecule has 0 saturated heterocycles. The minimum Gasteiger partial charge on any atom is -0.494 e. The van der Waals surface area contributed by atoms with Gasteiger partial charge in [0, 0.05) is 12.6 Å². The Morgan fingerprint density at radius 1 is 1.21 bits per heavy atom. The fraction of sp³-hybridized carbons (Fsp3) is 0.625. The highest BCUT2D eigenvalue weighted by molar-refractivity contribution is 5.45. The second kappa shape index (κ2) is 6.92. The van der Waals surface area contributed by atoms with Crippen LogP contribution in [0, 0.1) is 19.8 Å². The summed E-state index contributed by atoms with van der Waals surface area (Å²) in [7, 11) is 4.12. The highest BCUT2D eigenvalue weighted by atomic mass is 16.5. The fourth-order valence-corrected chi connectivity index (χ4v) is 2.64. The van der Waals surface area contributed by atoms with Crippen LogP contribution < -0.4 is 4.74 Å². The Hall–Kier alpha value is -1.06. The number of hydrogen-bond donors (Lipinski definition) is 1. The molecule has 0 aliphatic carbocycles. The maximum absolute atomic E-state index is 9.46. The predicted octanol–water partition coefficient (Wildman–Crippen LogP) is 2.93. The Kier molecular flexibility index (Phi) is 5.83. The van der Waals surface area contributed by atoms with Crippen LogP contribution in [0.4, 0.5) is 0 Å². The van der Waals surface area contributed by atoms with Gasteiger partial charge in [-0.05, 0) is 63.5 Å². The minimum absolute atomic E-state index is 0.189. The molecule has 2 unspecified atom stereocenters. The lowest BCUT2D eigenvalue weighted by molar-refractivity contribution is 0.145. The van der Waals surface area contributed by atoms with Crippen molar-refractivity contribution in [2.24, 2.45) is 5.92 Å². The van der Waals surface area contributed by atoms with Gasteiger partial charge in [-0.15, -0.1) is 0 Å². The third-order valence-corrected chi connectivity index (χ3v) is 3.78. The molecule has 1 N–H and O–H groups in total. The predicted molar refractivity (Wildman–Crippen MR) is 79.8 cm³/mol. The van der Waals surface area contributed by atoms with Crippen LogP contribution in [-0.2, 0) is 0 Å². The molecule has 1 rings (SSSR count). The number of rotatable bonds is 6. The number of hydrogen-bond acceptors (Lipinski definition) is 3. The maximum Gasteiger partial charge on any atom is 0.122 e. The molecule has 0 aromatic heterocycles. The summed E-state index contributed by atoms with van der Waals surface area (Å²) >= 11 is 0. The van der Waals surface area contributed by atoms with E-state index in [0.717, 1.165) is 5.75 Å². The zero-order valence-electron chi connectivity index (χ0n) is 13.0. The monoisotopic (exact) mass is 265 g/mol. The van der Waals surface area contributed by atoms with Gasteiger partial charge in [-0.25, -0.2) is 0 Å². The Morgan fingerprint density at radius 3 is 2.32 bits per heavy atom. The van der Waals surface area contributed by atoms with E-state index in [9.17, 15) is 5.11 Å². The number of aliphatic hydroxyl groups is 1. The van der Waals surface area contributed by atoms with Crippen molar-refractivity contribution in [2.45, 2.75) is 33.7 Å². The maximum atomic E-state index is 9.46. The molecule has 3 nitrogen and oxygen atoms in total. The van der Waals surface area contributed by atoms with E-state index < -0.39 is 0 Å². The Balaban J connectivity index is 3.22. The van der Waals surface area contributed by atoms with Crippen LogP contribution in [0.15, 0.2) is 12.1 Å². The van der Waals surface area contributed by atoms with Crippen molar-refractivity contribution < 1.29 is 9.84 Å². The van der Waals surface area contributed by atoms with Gasteiger partial charge in [0.25, 0.3) is 0 Å². The number of nitrogens with zero attached hydrogens (tertiary/aromatic N) is 1. The van der Waals surface area contributed by atoms with Crippen LogP contribution in [0.3, 0.4) is 0 Å². The van der Waals surface area contributed by atoms with Gasteiger partial charge in [0.05, 0.1) is 6.61 Å². The molecule has 0 aliphatic rings. The van der Waals surface area contributed by atoms with Gasteiger partial charge in [0.2, 0.25) is 0 Å². The molecule has 1 aromatic carbocycles. The molecule has 1 aromatic rings. The van der Waals surface area contributed by atoms with Crippen LogP contribution in [0.5, 0.6) is 5.75 Å². The van der Waals surface area contributed by atoms with E-state index in [4.69, 9.17) is 4.74 Å². The molecular formula is C16H27NO2. The smallest absolute Gasteiger partial charge is 0.122 e. The van der Waals surface area contributed by atoms with Gasteiger partial charge in [-0.1, -0.05) is 13.0 Å². The van der Waals surface area contributed by atoms with E-state index in [0.29, 0.717) is 6.61 Å². The zero-order valence-corrected chi connectivity index (χ0v) is 13.0.